The average Bonchev–Trinajstić information content (AvgIpc) is 3.08. The van der Waals surface area contributed by atoms with Crippen LogP contribution in [0.2, 0.25) is 0 Å². The molecule has 2 aliphatic heterocycles. The number of aliphatic hydroxyl groups is 1. The molecular formula is C18H23N3O4. The molecule has 0 unspecified atom stereocenters. The van der Waals surface area contributed by atoms with E-state index in [1.165, 1.54) is 0 Å². The maximum Gasteiger partial charge on any atom is 0.231 e. The van der Waals surface area contributed by atoms with E-state index in [0.29, 0.717) is 37.2 Å². The lowest BCUT2D eigenvalue weighted by atomic mass is 9.97. The van der Waals surface area contributed by atoms with Crippen molar-refractivity contribution >= 4 is 0 Å². The molecule has 0 amide bonds. The molecule has 0 radical (unpaired) electrons. The van der Waals surface area contributed by atoms with Gasteiger partial charge in [0.15, 0.2) is 17.3 Å². The molecule has 0 bridgehead atoms. The third kappa shape index (κ3) is 3.62. The Hall–Kier alpha value is -2.12. The van der Waals surface area contributed by atoms with E-state index in [1.54, 1.807) is 0 Å². The van der Waals surface area contributed by atoms with Crippen molar-refractivity contribution in [3.05, 3.63) is 35.5 Å². The number of benzene rings is 1. The van der Waals surface area contributed by atoms with Crippen molar-refractivity contribution in [2.24, 2.45) is 0 Å². The Kier molecular flexibility index (Phi) is 4.59. The summed E-state index contributed by atoms with van der Waals surface area (Å²) in [7, 11) is 0. The first-order valence-corrected chi connectivity index (χ1v) is 8.79. The van der Waals surface area contributed by atoms with Crippen LogP contribution in [0.1, 0.15) is 42.1 Å². The van der Waals surface area contributed by atoms with Gasteiger partial charge in [-0.05, 0) is 44.0 Å². The van der Waals surface area contributed by atoms with E-state index in [4.69, 9.17) is 14.0 Å². The SMILES string of the molecule is Cc1noc([C@H]2CCCN(C[C@H](O)c3ccc4c(c3)OCCO4)C2)n1. The van der Waals surface area contributed by atoms with E-state index in [2.05, 4.69) is 15.0 Å². The van der Waals surface area contributed by atoms with E-state index in [1.807, 2.05) is 25.1 Å². The van der Waals surface area contributed by atoms with Crippen LogP contribution in [0.15, 0.2) is 22.7 Å². The molecule has 25 heavy (non-hydrogen) atoms. The minimum absolute atomic E-state index is 0.238. The summed E-state index contributed by atoms with van der Waals surface area (Å²) in [6.07, 6.45) is 1.53. The average molecular weight is 345 g/mol. The van der Waals surface area contributed by atoms with Gasteiger partial charge in [-0.25, -0.2) is 0 Å². The number of likely N-dealkylation sites (tertiary alicyclic amines) is 1. The van der Waals surface area contributed by atoms with Gasteiger partial charge in [-0.15, -0.1) is 0 Å². The van der Waals surface area contributed by atoms with Crippen molar-refractivity contribution in [3.8, 4) is 11.5 Å². The number of aromatic nitrogens is 2. The Morgan fingerprint density at radius 2 is 2.12 bits per heavy atom. The van der Waals surface area contributed by atoms with Crippen LogP contribution in [0.3, 0.4) is 0 Å². The Morgan fingerprint density at radius 1 is 1.28 bits per heavy atom. The highest BCUT2D eigenvalue weighted by atomic mass is 16.6. The Balaban J connectivity index is 1.41. The Morgan fingerprint density at radius 3 is 2.92 bits per heavy atom. The van der Waals surface area contributed by atoms with Gasteiger partial charge in [-0.3, -0.25) is 4.90 Å². The fourth-order valence-corrected chi connectivity index (χ4v) is 3.52. The van der Waals surface area contributed by atoms with Gasteiger partial charge in [-0.1, -0.05) is 11.2 Å². The topological polar surface area (TPSA) is 80.9 Å². The summed E-state index contributed by atoms with van der Waals surface area (Å²) in [6.45, 7) is 5.31. The van der Waals surface area contributed by atoms with E-state index in [-0.39, 0.29) is 5.92 Å². The molecule has 7 heteroatoms. The molecule has 1 N–H and O–H groups in total. The van der Waals surface area contributed by atoms with E-state index < -0.39 is 6.10 Å². The van der Waals surface area contributed by atoms with Gasteiger partial charge < -0.3 is 19.1 Å². The molecule has 0 aliphatic carbocycles. The second kappa shape index (κ2) is 7.01. The molecule has 2 atom stereocenters. The van der Waals surface area contributed by atoms with E-state index in [9.17, 15) is 5.11 Å². The van der Waals surface area contributed by atoms with Gasteiger partial charge in [0.25, 0.3) is 0 Å². The molecule has 3 heterocycles. The molecule has 7 nitrogen and oxygen atoms in total. The number of fused-ring (bicyclic) bond motifs is 1. The zero-order valence-corrected chi connectivity index (χ0v) is 14.4. The summed E-state index contributed by atoms with van der Waals surface area (Å²) >= 11 is 0. The fourth-order valence-electron chi connectivity index (χ4n) is 3.52. The van der Waals surface area contributed by atoms with Crippen LogP contribution < -0.4 is 9.47 Å². The zero-order valence-electron chi connectivity index (χ0n) is 14.4. The molecule has 4 rings (SSSR count). The first-order chi connectivity index (χ1) is 12.2. The molecule has 2 aromatic rings. The van der Waals surface area contributed by atoms with Crippen LogP contribution in [0.4, 0.5) is 0 Å². The molecule has 1 aromatic heterocycles. The lowest BCUT2D eigenvalue weighted by Gasteiger charge is -2.32. The monoisotopic (exact) mass is 345 g/mol. The van der Waals surface area contributed by atoms with Crippen LogP contribution in [0.25, 0.3) is 0 Å². The lowest BCUT2D eigenvalue weighted by Crippen LogP contribution is -2.37. The Bertz CT molecular complexity index is 733. The highest BCUT2D eigenvalue weighted by Crippen LogP contribution is 2.33. The molecule has 1 saturated heterocycles. The van der Waals surface area contributed by atoms with Crippen molar-refractivity contribution in [1.82, 2.24) is 15.0 Å². The standard InChI is InChI=1S/C18H23N3O4/c1-12-19-18(25-20-12)14-3-2-6-21(10-14)11-15(22)13-4-5-16-17(9-13)24-8-7-23-16/h4-5,9,14-15,22H,2-3,6-8,10-11H2,1H3/t14-,15-/m0/s1. The summed E-state index contributed by atoms with van der Waals surface area (Å²) in [5.41, 5.74) is 0.847. The smallest absolute Gasteiger partial charge is 0.231 e. The molecule has 0 spiro atoms. The minimum atomic E-state index is -0.570. The number of β-amino-alcohol motifs (C(OH)–C–C–N with tert-alkyl or cyclic N) is 1. The van der Waals surface area contributed by atoms with Crippen LogP contribution in [-0.4, -0.2) is 53.0 Å². The number of hydrogen-bond acceptors (Lipinski definition) is 7. The normalized spacial score (nSPS) is 21.9. The molecule has 134 valence electrons. The Labute approximate surface area is 146 Å². The first-order valence-electron chi connectivity index (χ1n) is 8.79. The van der Waals surface area contributed by atoms with Gasteiger partial charge in [-0.2, -0.15) is 4.98 Å². The van der Waals surface area contributed by atoms with Gasteiger partial charge in [0.2, 0.25) is 5.89 Å². The van der Waals surface area contributed by atoms with Crippen molar-refractivity contribution < 1.29 is 19.1 Å². The van der Waals surface area contributed by atoms with Crippen molar-refractivity contribution in [1.29, 1.82) is 0 Å². The molecule has 0 saturated carbocycles. The predicted molar refractivity (Wildman–Crippen MR) is 89.8 cm³/mol. The zero-order chi connectivity index (χ0) is 17.2. The van der Waals surface area contributed by atoms with Gasteiger partial charge >= 0.3 is 0 Å². The minimum Gasteiger partial charge on any atom is -0.486 e. The van der Waals surface area contributed by atoms with Crippen molar-refractivity contribution in [2.45, 2.75) is 31.8 Å². The highest BCUT2D eigenvalue weighted by molar-refractivity contribution is 5.44. The third-order valence-electron chi connectivity index (χ3n) is 4.78. The van der Waals surface area contributed by atoms with Gasteiger partial charge in [0, 0.05) is 13.1 Å². The number of nitrogens with zero attached hydrogens (tertiary/aromatic N) is 3. The summed E-state index contributed by atoms with van der Waals surface area (Å²) in [4.78, 5) is 6.62. The second-order valence-corrected chi connectivity index (χ2v) is 6.70. The van der Waals surface area contributed by atoms with Gasteiger partial charge in [0.1, 0.15) is 13.2 Å². The summed E-state index contributed by atoms with van der Waals surface area (Å²) < 4.78 is 16.5. The highest BCUT2D eigenvalue weighted by Gasteiger charge is 2.27. The number of piperidine rings is 1. The summed E-state index contributed by atoms with van der Waals surface area (Å²) in [5.74, 6) is 3.06. The summed E-state index contributed by atoms with van der Waals surface area (Å²) in [6, 6.07) is 5.65. The first kappa shape index (κ1) is 16.4. The fraction of sp³-hybridized carbons (Fsp3) is 0.556. The molecule has 1 fully saturated rings. The predicted octanol–water partition coefficient (Wildman–Crippen LogP) is 2.06. The number of ether oxygens (including phenoxy) is 2. The maximum atomic E-state index is 10.6. The third-order valence-corrected chi connectivity index (χ3v) is 4.78. The van der Waals surface area contributed by atoms with Gasteiger partial charge in [0.05, 0.1) is 12.0 Å². The number of rotatable bonds is 4. The maximum absolute atomic E-state index is 10.6. The quantitative estimate of drug-likeness (QED) is 0.908. The second-order valence-electron chi connectivity index (χ2n) is 6.70. The van der Waals surface area contributed by atoms with Crippen LogP contribution in [0.5, 0.6) is 11.5 Å². The van der Waals surface area contributed by atoms with E-state index in [0.717, 1.165) is 37.2 Å². The largest absolute Gasteiger partial charge is 0.486 e. The van der Waals surface area contributed by atoms with Crippen molar-refractivity contribution in [3.63, 3.8) is 0 Å². The van der Waals surface area contributed by atoms with Crippen LogP contribution >= 0.6 is 0 Å². The lowest BCUT2D eigenvalue weighted by molar-refractivity contribution is 0.0904. The van der Waals surface area contributed by atoms with Crippen molar-refractivity contribution in [2.75, 3.05) is 32.8 Å². The number of hydrogen-bond donors (Lipinski definition) is 1. The van der Waals surface area contributed by atoms with Crippen LogP contribution in [0, 0.1) is 6.92 Å². The summed E-state index contributed by atoms with van der Waals surface area (Å²) in [5, 5.41) is 14.5. The molecule has 2 aliphatic rings. The number of aryl methyl sites for hydroxylation is 1. The molecule has 1 aromatic carbocycles. The van der Waals surface area contributed by atoms with Crippen LogP contribution in [-0.2, 0) is 0 Å². The number of aliphatic hydroxyl groups excluding tert-OH is 1. The molecular weight excluding hydrogens is 322 g/mol. The van der Waals surface area contributed by atoms with E-state index >= 15 is 0 Å².